The van der Waals surface area contributed by atoms with Crippen LogP contribution in [-0.2, 0) is 17.8 Å². The molecule has 4 nitrogen and oxygen atoms in total. The van der Waals surface area contributed by atoms with E-state index < -0.39 is 5.91 Å². The van der Waals surface area contributed by atoms with Gasteiger partial charge in [-0.15, -0.1) is 0 Å². The summed E-state index contributed by atoms with van der Waals surface area (Å²) < 4.78 is 6.75. The number of nitriles is 1. The first-order valence-electron chi connectivity index (χ1n) is 9.68. The van der Waals surface area contributed by atoms with Crippen LogP contribution < -0.4 is 10.1 Å². The summed E-state index contributed by atoms with van der Waals surface area (Å²) in [5.74, 6) is 0.0676. The smallest absolute Gasteiger partial charge is 0.266 e. The number of carbonyl (C=O) groups is 1. The molecular weight excluding hydrogens is 476 g/mol. The van der Waals surface area contributed by atoms with Crippen LogP contribution in [-0.4, -0.2) is 5.91 Å². The molecule has 3 aromatic carbocycles. The fourth-order valence-corrected chi connectivity index (χ4v) is 3.55. The van der Waals surface area contributed by atoms with Crippen LogP contribution in [0.4, 0.5) is 5.69 Å². The van der Waals surface area contributed by atoms with Crippen molar-refractivity contribution in [2.45, 2.75) is 20.0 Å². The zero-order chi connectivity index (χ0) is 22.2. The fourth-order valence-electron chi connectivity index (χ4n) is 2.98. The van der Waals surface area contributed by atoms with Gasteiger partial charge in [-0.25, -0.2) is 0 Å². The van der Waals surface area contributed by atoms with E-state index in [2.05, 4.69) is 21.2 Å². The van der Waals surface area contributed by atoms with Crippen LogP contribution in [0.25, 0.3) is 6.08 Å². The summed E-state index contributed by atoms with van der Waals surface area (Å²) in [4.78, 5) is 12.8. The second kappa shape index (κ2) is 10.8. The van der Waals surface area contributed by atoms with Crippen LogP contribution >= 0.6 is 27.5 Å². The maximum Gasteiger partial charge on any atom is 0.266 e. The molecule has 0 atom stereocenters. The maximum absolute atomic E-state index is 12.8. The van der Waals surface area contributed by atoms with E-state index in [1.807, 2.05) is 61.5 Å². The normalized spacial score (nSPS) is 11.0. The molecule has 1 amide bonds. The summed E-state index contributed by atoms with van der Waals surface area (Å²) in [6, 6.07) is 22.4. The molecule has 3 rings (SSSR count). The highest BCUT2D eigenvalue weighted by Gasteiger charge is 2.13. The number of para-hydroxylation sites is 1. The Kier molecular flexibility index (Phi) is 7.88. The summed E-state index contributed by atoms with van der Waals surface area (Å²) in [5.41, 5.74) is 3.12. The highest BCUT2D eigenvalue weighted by Crippen LogP contribution is 2.28. The average molecular weight is 496 g/mol. The Hall–Kier alpha value is -3.07. The van der Waals surface area contributed by atoms with Crippen LogP contribution in [0.3, 0.4) is 0 Å². The molecule has 0 radical (unpaired) electrons. The Balaban J connectivity index is 1.86. The minimum Gasteiger partial charge on any atom is -0.488 e. The van der Waals surface area contributed by atoms with Crippen molar-refractivity contribution in [2.24, 2.45) is 0 Å². The van der Waals surface area contributed by atoms with Gasteiger partial charge in [-0.1, -0.05) is 70.9 Å². The van der Waals surface area contributed by atoms with Gasteiger partial charge < -0.3 is 10.1 Å². The van der Waals surface area contributed by atoms with Gasteiger partial charge in [-0.05, 0) is 48.4 Å². The van der Waals surface area contributed by atoms with Gasteiger partial charge in [0.25, 0.3) is 5.91 Å². The second-order valence-corrected chi connectivity index (χ2v) is 8.02. The minimum atomic E-state index is -0.472. The van der Waals surface area contributed by atoms with Crippen molar-refractivity contribution in [1.82, 2.24) is 0 Å². The van der Waals surface area contributed by atoms with E-state index in [0.717, 1.165) is 22.0 Å². The zero-order valence-electron chi connectivity index (χ0n) is 16.9. The molecule has 0 saturated carbocycles. The quantitative estimate of drug-likeness (QED) is 0.290. The van der Waals surface area contributed by atoms with Gasteiger partial charge in [0.05, 0.1) is 0 Å². The van der Waals surface area contributed by atoms with Crippen LogP contribution in [0.15, 0.2) is 76.8 Å². The van der Waals surface area contributed by atoms with Crippen molar-refractivity contribution in [3.63, 3.8) is 0 Å². The first kappa shape index (κ1) is 22.6. The van der Waals surface area contributed by atoms with Gasteiger partial charge >= 0.3 is 0 Å². The Morgan fingerprint density at radius 1 is 1.13 bits per heavy atom. The van der Waals surface area contributed by atoms with E-state index in [1.54, 1.807) is 18.2 Å². The lowest BCUT2D eigenvalue weighted by atomic mass is 10.1. The summed E-state index contributed by atoms with van der Waals surface area (Å²) in [7, 11) is 0. The van der Waals surface area contributed by atoms with E-state index in [-0.39, 0.29) is 12.2 Å². The molecule has 0 saturated heterocycles. The lowest BCUT2D eigenvalue weighted by Crippen LogP contribution is -2.14. The number of ether oxygens (including phenoxy) is 1. The number of nitrogens with zero attached hydrogens (tertiary/aromatic N) is 1. The lowest BCUT2D eigenvalue weighted by Gasteiger charge is -2.12. The molecule has 0 aliphatic carbocycles. The predicted octanol–water partition coefficient (Wildman–Crippen LogP) is 6.79. The number of rotatable bonds is 7. The van der Waals surface area contributed by atoms with E-state index in [9.17, 15) is 10.1 Å². The monoisotopic (exact) mass is 494 g/mol. The van der Waals surface area contributed by atoms with Gasteiger partial charge in [-0.3, -0.25) is 4.79 Å². The van der Waals surface area contributed by atoms with E-state index in [4.69, 9.17) is 16.3 Å². The Morgan fingerprint density at radius 2 is 1.84 bits per heavy atom. The van der Waals surface area contributed by atoms with Crippen molar-refractivity contribution >= 4 is 45.2 Å². The topological polar surface area (TPSA) is 62.1 Å². The highest BCUT2D eigenvalue weighted by atomic mass is 79.9. The third-order valence-electron chi connectivity index (χ3n) is 4.62. The number of hydrogen-bond acceptors (Lipinski definition) is 3. The summed E-state index contributed by atoms with van der Waals surface area (Å²) in [6.45, 7) is 2.27. The van der Waals surface area contributed by atoms with E-state index in [1.165, 1.54) is 6.08 Å². The van der Waals surface area contributed by atoms with Gasteiger partial charge in [0.2, 0.25) is 0 Å². The third kappa shape index (κ3) is 5.97. The number of aryl methyl sites for hydroxylation is 1. The molecule has 0 aromatic heterocycles. The first-order valence-corrected chi connectivity index (χ1v) is 10.9. The highest BCUT2D eigenvalue weighted by molar-refractivity contribution is 9.10. The first-order chi connectivity index (χ1) is 15.0. The molecule has 1 N–H and O–H groups in total. The molecule has 0 bridgehead atoms. The fraction of sp³-hybridized carbons (Fsp3) is 0.120. The van der Waals surface area contributed by atoms with Gasteiger partial charge in [-0.2, -0.15) is 5.26 Å². The molecule has 0 aliphatic heterocycles. The van der Waals surface area contributed by atoms with Crippen molar-refractivity contribution in [3.8, 4) is 11.8 Å². The van der Waals surface area contributed by atoms with E-state index in [0.29, 0.717) is 22.0 Å². The van der Waals surface area contributed by atoms with Crippen LogP contribution in [0.5, 0.6) is 5.75 Å². The zero-order valence-corrected chi connectivity index (χ0v) is 19.2. The lowest BCUT2D eigenvalue weighted by molar-refractivity contribution is -0.112. The Bertz CT molecular complexity index is 1170. The van der Waals surface area contributed by atoms with Crippen molar-refractivity contribution in [1.29, 1.82) is 5.26 Å². The summed E-state index contributed by atoms with van der Waals surface area (Å²) >= 11 is 9.65. The van der Waals surface area contributed by atoms with Crippen LogP contribution in [0.2, 0.25) is 5.02 Å². The molecular formula is C25H20BrClN2O2. The number of anilines is 1. The van der Waals surface area contributed by atoms with Gasteiger partial charge in [0.1, 0.15) is 24.0 Å². The largest absolute Gasteiger partial charge is 0.488 e. The van der Waals surface area contributed by atoms with E-state index >= 15 is 0 Å². The summed E-state index contributed by atoms with van der Waals surface area (Å²) in [6.07, 6.45) is 2.30. The Morgan fingerprint density at radius 3 is 2.55 bits per heavy atom. The molecule has 0 aliphatic rings. The minimum absolute atomic E-state index is 0.0217. The Labute approximate surface area is 195 Å². The van der Waals surface area contributed by atoms with Crippen LogP contribution in [0, 0.1) is 11.3 Å². The molecule has 156 valence electrons. The molecule has 0 heterocycles. The van der Waals surface area contributed by atoms with Crippen LogP contribution in [0.1, 0.15) is 23.6 Å². The molecule has 6 heteroatoms. The number of nitrogens with one attached hydrogen (secondary N) is 1. The van der Waals surface area contributed by atoms with Gasteiger partial charge in [0.15, 0.2) is 0 Å². The molecule has 0 spiro atoms. The van der Waals surface area contributed by atoms with Gasteiger partial charge in [0, 0.05) is 26.3 Å². The number of benzene rings is 3. The number of amides is 1. The second-order valence-electron chi connectivity index (χ2n) is 6.70. The molecule has 0 unspecified atom stereocenters. The SMILES string of the molecule is CCc1ccccc1NC(=O)/C(C#N)=C/c1cc(Br)ccc1OCc1ccccc1Cl. The third-order valence-corrected chi connectivity index (χ3v) is 5.49. The number of halogens is 2. The molecule has 3 aromatic rings. The van der Waals surface area contributed by atoms with Crippen molar-refractivity contribution in [3.05, 3.63) is 98.5 Å². The maximum atomic E-state index is 12.8. The van der Waals surface area contributed by atoms with Crippen molar-refractivity contribution < 1.29 is 9.53 Å². The van der Waals surface area contributed by atoms with Crippen molar-refractivity contribution in [2.75, 3.05) is 5.32 Å². The average Bonchev–Trinajstić information content (AvgIpc) is 2.78. The summed E-state index contributed by atoms with van der Waals surface area (Å²) in [5, 5.41) is 13.1. The number of hydrogen-bond donors (Lipinski definition) is 1. The molecule has 0 fully saturated rings. The predicted molar refractivity (Wildman–Crippen MR) is 128 cm³/mol. The number of carbonyl (C=O) groups excluding carboxylic acids is 1. The standard InChI is InChI=1S/C25H20BrClN2O2/c1-2-17-7-4-6-10-23(17)29-25(30)20(15-28)13-19-14-21(26)11-12-24(19)31-16-18-8-3-5-9-22(18)27/h3-14H,2,16H2,1H3,(H,29,30)/b20-13+. The molecule has 31 heavy (non-hydrogen) atoms.